The van der Waals surface area contributed by atoms with Crippen molar-refractivity contribution in [1.82, 2.24) is 9.80 Å². The van der Waals surface area contributed by atoms with Gasteiger partial charge in [0.1, 0.15) is 5.76 Å². The number of rotatable bonds is 6. The number of aliphatic hydroxyl groups is 1. The molecule has 2 saturated heterocycles. The molecule has 0 radical (unpaired) electrons. The molecule has 33 heavy (non-hydrogen) atoms. The number of carbonyl (C=O) groups excluding carboxylic acids is 2. The van der Waals surface area contributed by atoms with E-state index in [1.165, 1.54) is 0 Å². The van der Waals surface area contributed by atoms with Gasteiger partial charge in [0.25, 0.3) is 11.7 Å². The number of ketones is 1. The highest BCUT2D eigenvalue weighted by Crippen LogP contribution is 2.41. The van der Waals surface area contributed by atoms with E-state index in [4.69, 9.17) is 14.2 Å². The van der Waals surface area contributed by atoms with Crippen molar-refractivity contribution in [1.29, 1.82) is 0 Å². The SMILES string of the molecule is O=C1C(=O)N(CCCN2CCOCC2)[C@@H](c2ccccc2)C1=C(O)c1ccc2c(c1)OCO2. The molecular weight excluding hydrogens is 424 g/mol. The van der Waals surface area contributed by atoms with Crippen molar-refractivity contribution in [3.63, 3.8) is 0 Å². The zero-order chi connectivity index (χ0) is 22.8. The second-order valence-corrected chi connectivity index (χ2v) is 8.28. The predicted molar refractivity (Wildman–Crippen MR) is 120 cm³/mol. The van der Waals surface area contributed by atoms with Crippen LogP contribution in [-0.2, 0) is 14.3 Å². The van der Waals surface area contributed by atoms with Crippen LogP contribution in [0.4, 0.5) is 0 Å². The second-order valence-electron chi connectivity index (χ2n) is 8.28. The maximum Gasteiger partial charge on any atom is 0.295 e. The van der Waals surface area contributed by atoms with E-state index in [9.17, 15) is 14.7 Å². The van der Waals surface area contributed by atoms with Crippen molar-refractivity contribution in [2.24, 2.45) is 0 Å². The Kier molecular flexibility index (Phi) is 6.02. The summed E-state index contributed by atoms with van der Waals surface area (Å²) >= 11 is 0. The van der Waals surface area contributed by atoms with Crippen LogP contribution >= 0.6 is 0 Å². The number of likely N-dealkylation sites (tertiary alicyclic amines) is 1. The van der Waals surface area contributed by atoms with E-state index in [0.717, 1.165) is 31.6 Å². The van der Waals surface area contributed by atoms with E-state index < -0.39 is 17.7 Å². The summed E-state index contributed by atoms with van der Waals surface area (Å²) in [5.74, 6) is -0.403. The Morgan fingerprint density at radius 3 is 2.52 bits per heavy atom. The maximum absolute atomic E-state index is 13.1. The zero-order valence-electron chi connectivity index (χ0n) is 18.2. The molecule has 0 saturated carbocycles. The van der Waals surface area contributed by atoms with Gasteiger partial charge in [-0.2, -0.15) is 0 Å². The monoisotopic (exact) mass is 450 g/mol. The molecule has 2 aromatic carbocycles. The molecule has 0 unspecified atom stereocenters. The Morgan fingerprint density at radius 2 is 1.73 bits per heavy atom. The molecule has 0 aromatic heterocycles. The van der Waals surface area contributed by atoms with Gasteiger partial charge in [-0.25, -0.2) is 0 Å². The number of Topliss-reactive ketones (excluding diaryl/α,β-unsaturated/α-hetero) is 1. The van der Waals surface area contributed by atoms with Crippen LogP contribution in [0.1, 0.15) is 23.6 Å². The van der Waals surface area contributed by atoms with Gasteiger partial charge in [0.2, 0.25) is 6.79 Å². The summed E-state index contributed by atoms with van der Waals surface area (Å²) in [7, 11) is 0. The number of aliphatic hydroxyl groups excluding tert-OH is 1. The third kappa shape index (κ3) is 4.19. The number of hydrogen-bond donors (Lipinski definition) is 1. The van der Waals surface area contributed by atoms with Crippen molar-refractivity contribution in [2.45, 2.75) is 12.5 Å². The van der Waals surface area contributed by atoms with Gasteiger partial charge < -0.3 is 24.2 Å². The molecule has 0 aliphatic carbocycles. The van der Waals surface area contributed by atoms with Gasteiger partial charge in [-0.15, -0.1) is 0 Å². The number of benzene rings is 2. The number of nitrogens with zero attached hydrogens (tertiary/aromatic N) is 2. The Bertz CT molecular complexity index is 1080. The summed E-state index contributed by atoms with van der Waals surface area (Å²) < 4.78 is 16.1. The largest absolute Gasteiger partial charge is 0.507 e. The van der Waals surface area contributed by atoms with Crippen LogP contribution in [0.3, 0.4) is 0 Å². The summed E-state index contributed by atoms with van der Waals surface area (Å²) in [5.41, 5.74) is 1.29. The van der Waals surface area contributed by atoms with Gasteiger partial charge in [0.05, 0.1) is 24.8 Å². The van der Waals surface area contributed by atoms with Crippen LogP contribution in [-0.4, -0.2) is 72.8 Å². The van der Waals surface area contributed by atoms with Gasteiger partial charge in [-0.3, -0.25) is 14.5 Å². The Balaban J connectivity index is 1.46. The molecule has 3 aliphatic rings. The number of hydrogen-bond acceptors (Lipinski definition) is 7. The first-order valence-corrected chi connectivity index (χ1v) is 11.2. The molecule has 2 fully saturated rings. The second kappa shape index (κ2) is 9.25. The molecular formula is C25H26N2O6. The van der Waals surface area contributed by atoms with E-state index in [1.54, 1.807) is 23.1 Å². The van der Waals surface area contributed by atoms with Gasteiger partial charge in [0.15, 0.2) is 11.5 Å². The lowest BCUT2D eigenvalue weighted by molar-refractivity contribution is -0.140. The zero-order valence-corrected chi connectivity index (χ0v) is 18.2. The summed E-state index contributed by atoms with van der Waals surface area (Å²) in [5, 5.41) is 11.2. The summed E-state index contributed by atoms with van der Waals surface area (Å²) in [6, 6.07) is 13.7. The molecule has 172 valence electrons. The molecule has 1 amide bonds. The molecule has 0 bridgehead atoms. The van der Waals surface area contributed by atoms with E-state index >= 15 is 0 Å². The molecule has 3 heterocycles. The third-order valence-electron chi connectivity index (χ3n) is 6.28. The number of morpholine rings is 1. The molecule has 8 heteroatoms. The number of fused-ring (bicyclic) bond motifs is 1. The van der Waals surface area contributed by atoms with Crippen LogP contribution < -0.4 is 9.47 Å². The fraction of sp³-hybridized carbons (Fsp3) is 0.360. The average molecular weight is 450 g/mol. The minimum atomic E-state index is -0.676. The Morgan fingerprint density at radius 1 is 0.970 bits per heavy atom. The van der Waals surface area contributed by atoms with Crippen molar-refractivity contribution < 1.29 is 28.9 Å². The van der Waals surface area contributed by atoms with Crippen LogP contribution in [0, 0.1) is 0 Å². The summed E-state index contributed by atoms with van der Waals surface area (Å²) in [6.07, 6.45) is 0.723. The minimum Gasteiger partial charge on any atom is -0.507 e. The first-order chi connectivity index (χ1) is 16.1. The molecule has 1 atom stereocenters. The van der Waals surface area contributed by atoms with Gasteiger partial charge >= 0.3 is 0 Å². The van der Waals surface area contributed by atoms with E-state index in [1.807, 2.05) is 30.3 Å². The lowest BCUT2D eigenvalue weighted by atomic mass is 9.95. The normalized spacial score (nSPS) is 22.2. The van der Waals surface area contributed by atoms with Crippen LogP contribution in [0.5, 0.6) is 11.5 Å². The molecule has 1 N–H and O–H groups in total. The molecule has 8 nitrogen and oxygen atoms in total. The topological polar surface area (TPSA) is 88.5 Å². The smallest absolute Gasteiger partial charge is 0.295 e. The van der Waals surface area contributed by atoms with E-state index in [2.05, 4.69) is 4.90 Å². The van der Waals surface area contributed by atoms with Gasteiger partial charge in [-0.05, 0) is 30.2 Å². The number of carbonyl (C=O) groups is 2. The Hall–Kier alpha value is -3.36. The standard InChI is InChI=1S/C25H26N2O6/c28-23(18-7-8-19-20(15-18)33-16-32-19)21-22(17-5-2-1-3-6-17)27(25(30)24(21)29)10-4-9-26-11-13-31-14-12-26/h1-3,5-8,15,22,28H,4,9-14,16H2/t22-/m0/s1. The predicted octanol–water partition coefficient (Wildman–Crippen LogP) is 2.56. The minimum absolute atomic E-state index is 0.0939. The van der Waals surface area contributed by atoms with Gasteiger partial charge in [-0.1, -0.05) is 30.3 Å². The number of amides is 1. The number of ether oxygens (including phenoxy) is 3. The highest BCUT2D eigenvalue weighted by atomic mass is 16.7. The van der Waals surface area contributed by atoms with Crippen molar-refractivity contribution in [3.05, 3.63) is 65.2 Å². The maximum atomic E-state index is 13.1. The van der Waals surface area contributed by atoms with Crippen LogP contribution in [0.15, 0.2) is 54.1 Å². The van der Waals surface area contributed by atoms with Crippen molar-refractivity contribution in [3.8, 4) is 11.5 Å². The Labute approximate surface area is 192 Å². The summed E-state index contributed by atoms with van der Waals surface area (Å²) in [6.45, 7) is 4.50. The average Bonchev–Trinajstić information content (AvgIpc) is 3.42. The molecule has 0 spiro atoms. The van der Waals surface area contributed by atoms with Crippen LogP contribution in [0.2, 0.25) is 0 Å². The third-order valence-corrected chi connectivity index (χ3v) is 6.28. The fourth-order valence-corrected chi connectivity index (χ4v) is 4.58. The quantitative estimate of drug-likeness (QED) is 0.411. The van der Waals surface area contributed by atoms with Crippen LogP contribution in [0.25, 0.3) is 5.76 Å². The lowest BCUT2D eigenvalue weighted by Crippen LogP contribution is -2.38. The van der Waals surface area contributed by atoms with Crippen molar-refractivity contribution >= 4 is 17.4 Å². The molecule has 5 rings (SSSR count). The van der Waals surface area contributed by atoms with Gasteiger partial charge in [0, 0.05) is 31.7 Å². The summed E-state index contributed by atoms with van der Waals surface area (Å²) in [4.78, 5) is 30.1. The first kappa shape index (κ1) is 21.5. The lowest BCUT2D eigenvalue weighted by Gasteiger charge is -2.29. The highest BCUT2D eigenvalue weighted by molar-refractivity contribution is 6.46. The van der Waals surface area contributed by atoms with E-state index in [-0.39, 0.29) is 18.1 Å². The fourth-order valence-electron chi connectivity index (χ4n) is 4.58. The molecule has 2 aromatic rings. The first-order valence-electron chi connectivity index (χ1n) is 11.2. The highest BCUT2D eigenvalue weighted by Gasteiger charge is 2.45. The van der Waals surface area contributed by atoms with Crippen molar-refractivity contribution in [2.75, 3.05) is 46.2 Å². The molecule has 3 aliphatic heterocycles. The van der Waals surface area contributed by atoms with E-state index in [0.29, 0.717) is 36.8 Å².